The van der Waals surface area contributed by atoms with Gasteiger partial charge in [0.25, 0.3) is 5.56 Å². The number of anilines is 1. The number of amides is 1. The van der Waals surface area contributed by atoms with E-state index in [0.717, 1.165) is 6.07 Å². The van der Waals surface area contributed by atoms with E-state index in [2.05, 4.69) is 29.1 Å². The Morgan fingerprint density at radius 1 is 1.07 bits per heavy atom. The number of nitrogens with one attached hydrogen (secondary N) is 1. The molecule has 3 aromatic heterocycles. The summed E-state index contributed by atoms with van der Waals surface area (Å²) in [6, 6.07) is 4.11. The van der Waals surface area contributed by atoms with E-state index in [1.54, 1.807) is 39.8 Å². The number of imidazole rings is 1. The zero-order valence-electron chi connectivity index (χ0n) is 23.3. The molecular formula is C27H38F3N5O5. The molecule has 222 valence electrons. The predicted molar refractivity (Wildman–Crippen MR) is 148 cm³/mol. The maximum atomic E-state index is 13.5. The van der Waals surface area contributed by atoms with Gasteiger partial charge in [0, 0.05) is 13.6 Å². The summed E-state index contributed by atoms with van der Waals surface area (Å²) in [7, 11) is 1.54. The summed E-state index contributed by atoms with van der Waals surface area (Å²) in [5, 5.41) is 2.52. The third kappa shape index (κ3) is 9.31. The first kappa shape index (κ1) is 36.0. The minimum atomic E-state index is -4.70. The lowest BCUT2D eigenvalue weighted by molar-refractivity contribution is -0.144. The highest BCUT2D eigenvalue weighted by molar-refractivity contribution is 6.09. The quantitative estimate of drug-likeness (QED) is 0.305. The number of rotatable bonds is 4. The molecule has 3 rings (SSSR count). The fourth-order valence-electron chi connectivity index (χ4n) is 3.31. The Morgan fingerprint density at radius 2 is 1.62 bits per heavy atom. The third-order valence-electron chi connectivity index (χ3n) is 4.73. The monoisotopic (exact) mass is 569 g/mol. The molecule has 0 saturated heterocycles. The Hall–Kier alpha value is -4.03. The molecule has 1 N–H and O–H groups in total. The summed E-state index contributed by atoms with van der Waals surface area (Å²) < 4.78 is 47.7. The normalized spacial score (nSPS) is 10.8. The fraction of sp³-hybridized carbons (Fsp3) is 0.481. The first-order chi connectivity index (χ1) is 18.1. The summed E-state index contributed by atoms with van der Waals surface area (Å²) in [6.07, 6.45) is -3.77. The number of nitrogens with zero attached hydrogens (tertiary/aromatic N) is 4. The first-order valence-electron chi connectivity index (χ1n) is 12.1. The highest BCUT2D eigenvalue weighted by Gasteiger charge is 2.35. The van der Waals surface area contributed by atoms with Gasteiger partial charge in [-0.3, -0.25) is 19.7 Å². The standard InChI is InChI=1S/C21H24F3N5O3.C3H8.C2H2O2.CH4/c1-7-29-13(21(22,23)24)10-12-16(18(29)30)28(6)17(25-12)15-11(2)8-9-14(26-15)27-19(31)32-20(3,4)5;1-3-2;3-1-2-4;/h8-10H,7H2,1-6H3,(H,26,27,31);3H2,1-2H3;1-2H;1H4. The molecular weight excluding hydrogens is 531 g/mol. The summed E-state index contributed by atoms with van der Waals surface area (Å²) in [6.45, 7) is 12.5. The van der Waals surface area contributed by atoms with Crippen LogP contribution in [-0.4, -0.2) is 43.4 Å². The minimum absolute atomic E-state index is 0. The Kier molecular flexibility index (Phi) is 13.4. The van der Waals surface area contributed by atoms with Crippen LogP contribution in [0.2, 0.25) is 0 Å². The number of halogens is 3. The molecule has 0 aliphatic rings. The van der Waals surface area contributed by atoms with Crippen molar-refractivity contribution in [2.24, 2.45) is 7.05 Å². The highest BCUT2D eigenvalue weighted by Crippen LogP contribution is 2.32. The van der Waals surface area contributed by atoms with Crippen LogP contribution in [0.1, 0.15) is 66.6 Å². The van der Waals surface area contributed by atoms with E-state index < -0.39 is 29.1 Å². The van der Waals surface area contributed by atoms with Crippen molar-refractivity contribution >= 4 is 35.5 Å². The lowest BCUT2D eigenvalue weighted by Crippen LogP contribution is -2.28. The molecule has 3 heterocycles. The lowest BCUT2D eigenvalue weighted by atomic mass is 10.2. The van der Waals surface area contributed by atoms with Crippen LogP contribution in [0.15, 0.2) is 23.0 Å². The minimum Gasteiger partial charge on any atom is -0.444 e. The van der Waals surface area contributed by atoms with Crippen LogP contribution in [0.25, 0.3) is 22.6 Å². The van der Waals surface area contributed by atoms with Crippen LogP contribution in [0.4, 0.5) is 23.8 Å². The van der Waals surface area contributed by atoms with Crippen LogP contribution in [0.3, 0.4) is 0 Å². The number of aromatic nitrogens is 4. The van der Waals surface area contributed by atoms with Gasteiger partial charge in [0.1, 0.15) is 28.3 Å². The number of carbonyl (C=O) groups is 3. The highest BCUT2D eigenvalue weighted by atomic mass is 19.4. The molecule has 0 fully saturated rings. The molecule has 0 aliphatic carbocycles. The van der Waals surface area contributed by atoms with Crippen molar-refractivity contribution in [3.63, 3.8) is 0 Å². The zero-order chi connectivity index (χ0) is 30.1. The molecule has 0 radical (unpaired) electrons. The van der Waals surface area contributed by atoms with Crippen molar-refractivity contribution in [3.05, 3.63) is 39.8 Å². The second-order valence-electron chi connectivity index (χ2n) is 9.27. The fourth-order valence-corrected chi connectivity index (χ4v) is 3.31. The van der Waals surface area contributed by atoms with Gasteiger partial charge in [-0.25, -0.2) is 14.8 Å². The van der Waals surface area contributed by atoms with Crippen molar-refractivity contribution < 1.29 is 32.3 Å². The molecule has 3 aromatic rings. The van der Waals surface area contributed by atoms with Gasteiger partial charge in [-0.1, -0.05) is 33.8 Å². The van der Waals surface area contributed by atoms with Crippen molar-refractivity contribution in [3.8, 4) is 11.5 Å². The molecule has 0 unspecified atom stereocenters. The second-order valence-corrected chi connectivity index (χ2v) is 9.27. The van der Waals surface area contributed by atoms with Crippen LogP contribution < -0.4 is 10.9 Å². The van der Waals surface area contributed by atoms with Gasteiger partial charge in [0.2, 0.25) is 0 Å². The van der Waals surface area contributed by atoms with Gasteiger partial charge in [-0.15, -0.1) is 0 Å². The van der Waals surface area contributed by atoms with Gasteiger partial charge in [0.15, 0.2) is 18.4 Å². The summed E-state index contributed by atoms with van der Waals surface area (Å²) in [5.74, 6) is 0.373. The van der Waals surface area contributed by atoms with Crippen molar-refractivity contribution in [1.29, 1.82) is 0 Å². The molecule has 13 heteroatoms. The number of carbonyl (C=O) groups excluding carboxylic acids is 3. The van der Waals surface area contributed by atoms with Gasteiger partial charge in [-0.05, 0) is 52.3 Å². The predicted octanol–water partition coefficient (Wildman–Crippen LogP) is 5.93. The largest absolute Gasteiger partial charge is 0.444 e. The van der Waals surface area contributed by atoms with E-state index in [1.807, 2.05) is 0 Å². The van der Waals surface area contributed by atoms with E-state index in [0.29, 0.717) is 15.8 Å². The number of aryl methyl sites for hydroxylation is 2. The van der Waals surface area contributed by atoms with E-state index in [1.165, 1.54) is 25.0 Å². The second kappa shape index (κ2) is 14.9. The SMILES string of the molecule is C.CCC.CCn1c(C(F)(F)F)cc2nc(-c3nc(NC(=O)OC(C)(C)C)ccc3C)n(C)c2c1=O.O=CC=O. The van der Waals surface area contributed by atoms with Crippen LogP contribution in [0, 0.1) is 6.92 Å². The molecule has 0 spiro atoms. The third-order valence-corrected chi connectivity index (χ3v) is 4.73. The Balaban J connectivity index is 0.00000171. The summed E-state index contributed by atoms with van der Waals surface area (Å²) in [5.41, 5.74) is -1.65. The number of hydrogen-bond acceptors (Lipinski definition) is 7. The van der Waals surface area contributed by atoms with Gasteiger partial charge in [-0.2, -0.15) is 13.2 Å². The van der Waals surface area contributed by atoms with E-state index in [4.69, 9.17) is 14.3 Å². The summed E-state index contributed by atoms with van der Waals surface area (Å²) >= 11 is 0. The maximum Gasteiger partial charge on any atom is 0.431 e. The molecule has 0 atom stereocenters. The van der Waals surface area contributed by atoms with Crippen LogP contribution in [0.5, 0.6) is 0 Å². The average molecular weight is 570 g/mol. The molecule has 0 bridgehead atoms. The molecule has 10 nitrogen and oxygen atoms in total. The maximum absolute atomic E-state index is 13.5. The van der Waals surface area contributed by atoms with Gasteiger partial charge < -0.3 is 13.9 Å². The first-order valence-corrected chi connectivity index (χ1v) is 12.1. The van der Waals surface area contributed by atoms with Gasteiger partial charge in [0.05, 0.1) is 5.52 Å². The average Bonchev–Trinajstić information content (AvgIpc) is 3.15. The number of pyridine rings is 2. The number of fused-ring (bicyclic) bond motifs is 1. The molecule has 0 aliphatic heterocycles. The van der Waals surface area contributed by atoms with E-state index >= 15 is 0 Å². The topological polar surface area (TPSA) is 125 Å². The zero-order valence-corrected chi connectivity index (χ0v) is 23.3. The van der Waals surface area contributed by atoms with E-state index in [-0.39, 0.29) is 49.2 Å². The molecule has 0 aromatic carbocycles. The number of alkyl halides is 3. The molecule has 40 heavy (non-hydrogen) atoms. The number of ether oxygens (including phenoxy) is 1. The van der Waals surface area contributed by atoms with Crippen LogP contribution >= 0.6 is 0 Å². The molecule has 1 amide bonds. The van der Waals surface area contributed by atoms with Crippen LogP contribution in [-0.2, 0) is 34.1 Å². The van der Waals surface area contributed by atoms with Gasteiger partial charge >= 0.3 is 12.3 Å². The van der Waals surface area contributed by atoms with E-state index in [9.17, 15) is 22.8 Å². The number of aldehydes is 2. The smallest absolute Gasteiger partial charge is 0.431 e. The Bertz CT molecular complexity index is 1370. The van der Waals surface area contributed by atoms with Crippen molar-refractivity contribution in [2.75, 3.05) is 5.32 Å². The molecule has 0 saturated carbocycles. The lowest BCUT2D eigenvalue weighted by Gasteiger charge is -2.19. The Labute approximate surface area is 231 Å². The number of hydrogen-bond donors (Lipinski definition) is 1. The van der Waals surface area contributed by atoms with Crippen molar-refractivity contribution in [2.45, 2.75) is 80.6 Å². The summed E-state index contributed by atoms with van der Waals surface area (Å²) in [4.78, 5) is 51.2. The van der Waals surface area contributed by atoms with Crippen molar-refractivity contribution in [1.82, 2.24) is 19.1 Å². The Morgan fingerprint density at radius 3 is 2.08 bits per heavy atom.